The Hall–Kier alpha value is -1.35. The van der Waals surface area contributed by atoms with E-state index in [-0.39, 0.29) is 11.1 Å². The van der Waals surface area contributed by atoms with Crippen LogP contribution in [0.25, 0.3) is 10.8 Å². The van der Waals surface area contributed by atoms with Crippen molar-refractivity contribution in [1.29, 1.82) is 0 Å². The third kappa shape index (κ3) is 1.75. The van der Waals surface area contributed by atoms with Crippen molar-refractivity contribution in [2.75, 3.05) is 0 Å². The number of phenolic OH excluding ortho intramolecular Hbond substituents is 1. The number of benzene rings is 2. The fraction of sp³-hybridized carbons (Fsp3) is 0. The van der Waals surface area contributed by atoms with Gasteiger partial charge >= 0.3 is 7.60 Å². The van der Waals surface area contributed by atoms with E-state index in [1.54, 1.807) is 18.2 Å². The molecule has 0 aromatic heterocycles. The molecule has 0 atom stereocenters. The molecule has 0 aliphatic rings. The van der Waals surface area contributed by atoms with E-state index in [1.165, 1.54) is 18.2 Å². The van der Waals surface area contributed by atoms with Gasteiger partial charge in [-0.05, 0) is 12.1 Å². The minimum atomic E-state index is -4.29. The van der Waals surface area contributed by atoms with Crippen LogP contribution in [0.5, 0.6) is 5.75 Å². The molecular formula is C10H9O4P. The fourth-order valence-corrected chi connectivity index (χ4v) is 2.32. The molecule has 0 heterocycles. The number of rotatable bonds is 1. The van der Waals surface area contributed by atoms with E-state index in [9.17, 15) is 9.67 Å². The van der Waals surface area contributed by atoms with E-state index in [4.69, 9.17) is 9.79 Å². The molecule has 0 aliphatic heterocycles. The summed E-state index contributed by atoms with van der Waals surface area (Å²) < 4.78 is 11.2. The van der Waals surface area contributed by atoms with Gasteiger partial charge in [-0.2, -0.15) is 0 Å². The Balaban J connectivity index is 2.89. The number of hydrogen-bond donors (Lipinski definition) is 3. The number of fused-ring (bicyclic) bond motifs is 1. The molecule has 0 unspecified atom stereocenters. The molecule has 2 aromatic rings. The van der Waals surface area contributed by atoms with Crippen LogP contribution in [0.15, 0.2) is 36.4 Å². The van der Waals surface area contributed by atoms with Crippen molar-refractivity contribution in [3.63, 3.8) is 0 Å². The molecule has 15 heavy (non-hydrogen) atoms. The summed E-state index contributed by atoms with van der Waals surface area (Å²) >= 11 is 0. The molecule has 0 spiro atoms. The van der Waals surface area contributed by atoms with Crippen LogP contribution in [0.2, 0.25) is 0 Å². The Morgan fingerprint density at radius 3 is 2.20 bits per heavy atom. The van der Waals surface area contributed by atoms with Crippen molar-refractivity contribution in [2.45, 2.75) is 0 Å². The minimum absolute atomic E-state index is 0.0165. The molecule has 0 bridgehead atoms. The molecule has 0 saturated carbocycles. The largest absolute Gasteiger partial charge is 0.507 e. The van der Waals surface area contributed by atoms with E-state index in [2.05, 4.69) is 0 Å². The molecule has 0 aliphatic carbocycles. The van der Waals surface area contributed by atoms with Gasteiger partial charge in [-0.3, -0.25) is 4.57 Å². The quantitative estimate of drug-likeness (QED) is 0.639. The van der Waals surface area contributed by atoms with E-state index >= 15 is 0 Å². The second-order valence-corrected chi connectivity index (χ2v) is 4.76. The van der Waals surface area contributed by atoms with Gasteiger partial charge in [-0.25, -0.2) is 0 Å². The fourth-order valence-electron chi connectivity index (χ4n) is 1.53. The predicted molar refractivity (Wildman–Crippen MR) is 57.3 cm³/mol. The van der Waals surface area contributed by atoms with Gasteiger partial charge in [-0.15, -0.1) is 0 Å². The molecule has 0 fully saturated rings. The number of hydrogen-bond acceptors (Lipinski definition) is 2. The Bertz CT molecular complexity index is 558. The van der Waals surface area contributed by atoms with Crippen molar-refractivity contribution in [2.24, 2.45) is 0 Å². The van der Waals surface area contributed by atoms with Crippen molar-refractivity contribution < 1.29 is 19.5 Å². The van der Waals surface area contributed by atoms with Crippen LogP contribution in [0.3, 0.4) is 0 Å². The Kier molecular flexibility index (Phi) is 2.27. The highest BCUT2D eigenvalue weighted by Crippen LogP contribution is 2.37. The van der Waals surface area contributed by atoms with Gasteiger partial charge in [0.05, 0.1) is 5.30 Å². The maximum Gasteiger partial charge on any atom is 0.356 e. The molecule has 0 radical (unpaired) electrons. The highest BCUT2D eigenvalue weighted by Gasteiger charge is 2.20. The molecule has 4 nitrogen and oxygen atoms in total. The zero-order valence-electron chi connectivity index (χ0n) is 7.66. The first kappa shape index (κ1) is 10.2. The number of aromatic hydroxyl groups is 1. The van der Waals surface area contributed by atoms with Gasteiger partial charge in [0.1, 0.15) is 5.75 Å². The standard InChI is InChI=1S/C10H9O4P/c11-9-5-1-4-8-7(9)3-2-6-10(8)15(12,13)14/h1-6,11H,(H2,12,13,14). The van der Waals surface area contributed by atoms with Gasteiger partial charge in [0.25, 0.3) is 0 Å². The highest BCUT2D eigenvalue weighted by atomic mass is 31.2. The summed E-state index contributed by atoms with van der Waals surface area (Å²) in [6.07, 6.45) is 0. The highest BCUT2D eigenvalue weighted by molar-refractivity contribution is 7.60. The van der Waals surface area contributed by atoms with Crippen molar-refractivity contribution >= 4 is 23.7 Å². The van der Waals surface area contributed by atoms with Crippen molar-refractivity contribution in [3.8, 4) is 5.75 Å². The van der Waals surface area contributed by atoms with Crippen LogP contribution < -0.4 is 5.30 Å². The van der Waals surface area contributed by atoms with Crippen LogP contribution in [-0.4, -0.2) is 14.9 Å². The minimum Gasteiger partial charge on any atom is -0.507 e. The van der Waals surface area contributed by atoms with E-state index in [0.29, 0.717) is 10.8 Å². The summed E-state index contributed by atoms with van der Waals surface area (Å²) in [4.78, 5) is 18.2. The van der Waals surface area contributed by atoms with Crippen molar-refractivity contribution in [1.82, 2.24) is 0 Å². The smallest absolute Gasteiger partial charge is 0.356 e. The summed E-state index contributed by atoms with van der Waals surface area (Å²) in [7, 11) is -4.29. The summed E-state index contributed by atoms with van der Waals surface area (Å²) in [5, 5.41) is 10.3. The molecule has 2 aromatic carbocycles. The lowest BCUT2D eigenvalue weighted by atomic mass is 10.1. The zero-order chi connectivity index (χ0) is 11.1. The van der Waals surface area contributed by atoms with E-state index < -0.39 is 7.60 Å². The SMILES string of the molecule is O=P(O)(O)c1cccc2c(O)cccc12. The molecule has 5 heteroatoms. The van der Waals surface area contributed by atoms with Crippen LogP contribution in [-0.2, 0) is 4.57 Å². The first-order valence-corrected chi connectivity index (χ1v) is 5.88. The van der Waals surface area contributed by atoms with E-state index in [0.717, 1.165) is 0 Å². The molecule has 0 saturated heterocycles. The average Bonchev–Trinajstić information content (AvgIpc) is 2.16. The zero-order valence-corrected chi connectivity index (χ0v) is 8.56. The summed E-state index contributed by atoms with van der Waals surface area (Å²) in [6.45, 7) is 0. The first-order valence-electron chi connectivity index (χ1n) is 4.27. The molecular weight excluding hydrogens is 215 g/mol. The molecule has 3 N–H and O–H groups in total. The van der Waals surface area contributed by atoms with Crippen molar-refractivity contribution in [3.05, 3.63) is 36.4 Å². The third-order valence-electron chi connectivity index (χ3n) is 2.19. The van der Waals surface area contributed by atoms with E-state index in [1.807, 2.05) is 0 Å². The Morgan fingerprint density at radius 2 is 1.53 bits per heavy atom. The summed E-state index contributed by atoms with van der Waals surface area (Å²) in [5.41, 5.74) is 0. The summed E-state index contributed by atoms with van der Waals surface area (Å²) in [5.74, 6) is 0.0165. The topological polar surface area (TPSA) is 77.8 Å². The maximum atomic E-state index is 11.2. The molecule has 78 valence electrons. The normalized spacial score (nSPS) is 11.9. The second kappa shape index (κ2) is 3.35. The van der Waals surface area contributed by atoms with Crippen LogP contribution in [0.1, 0.15) is 0 Å². The first-order chi connectivity index (χ1) is 7.00. The maximum absolute atomic E-state index is 11.2. The summed E-state index contributed by atoms with van der Waals surface area (Å²) in [6, 6.07) is 9.09. The van der Waals surface area contributed by atoms with Gasteiger partial charge in [0.2, 0.25) is 0 Å². The van der Waals surface area contributed by atoms with Gasteiger partial charge in [-0.1, -0.05) is 24.3 Å². The Labute approximate surface area is 86.0 Å². The van der Waals surface area contributed by atoms with Crippen LogP contribution in [0.4, 0.5) is 0 Å². The third-order valence-corrected chi connectivity index (χ3v) is 3.21. The molecule has 2 rings (SSSR count). The predicted octanol–water partition coefficient (Wildman–Crippen LogP) is 1.35. The monoisotopic (exact) mass is 224 g/mol. The average molecular weight is 224 g/mol. The second-order valence-electron chi connectivity index (χ2n) is 3.19. The lowest BCUT2D eigenvalue weighted by Crippen LogP contribution is -2.04. The lowest BCUT2D eigenvalue weighted by Gasteiger charge is -2.08. The Morgan fingerprint density at radius 1 is 0.933 bits per heavy atom. The van der Waals surface area contributed by atoms with Gasteiger partial charge < -0.3 is 14.9 Å². The molecule has 0 amide bonds. The number of phenols is 1. The van der Waals surface area contributed by atoms with Crippen LogP contribution in [0, 0.1) is 0 Å². The van der Waals surface area contributed by atoms with Gasteiger partial charge in [0, 0.05) is 10.8 Å². The van der Waals surface area contributed by atoms with Crippen LogP contribution >= 0.6 is 7.60 Å². The van der Waals surface area contributed by atoms with Gasteiger partial charge in [0.15, 0.2) is 0 Å². The lowest BCUT2D eigenvalue weighted by molar-refractivity contribution is 0.388.